The molecule has 1 aromatic carbocycles. The van der Waals surface area contributed by atoms with Crippen molar-refractivity contribution in [3.8, 4) is 11.1 Å². The number of hydrogen-bond donors (Lipinski definition) is 3. The third-order valence-electron chi connectivity index (χ3n) is 7.19. The van der Waals surface area contributed by atoms with E-state index < -0.39 is 0 Å². The fraction of sp³-hybridized carbons (Fsp3) is 0.435. The van der Waals surface area contributed by atoms with Gasteiger partial charge in [-0.05, 0) is 44.4 Å². The molecule has 2 unspecified atom stereocenters. The number of anilines is 2. The van der Waals surface area contributed by atoms with Crippen LogP contribution in [0.1, 0.15) is 31.0 Å². The highest BCUT2D eigenvalue weighted by Crippen LogP contribution is 2.42. The second-order valence-electron chi connectivity index (χ2n) is 8.99. The van der Waals surface area contributed by atoms with Gasteiger partial charge in [0.15, 0.2) is 0 Å². The summed E-state index contributed by atoms with van der Waals surface area (Å²) in [6.45, 7) is 6.53. The van der Waals surface area contributed by atoms with Crippen LogP contribution in [0.4, 0.5) is 11.6 Å². The first-order valence-electron chi connectivity index (χ1n) is 10.9. The second kappa shape index (κ2) is 7.72. The smallest absolute Gasteiger partial charge is 0.211 e. The van der Waals surface area contributed by atoms with E-state index in [1.807, 2.05) is 29.7 Å². The lowest BCUT2D eigenvalue weighted by atomic mass is 9.73. The minimum atomic E-state index is 0.0594. The summed E-state index contributed by atoms with van der Waals surface area (Å²) in [7, 11) is 0. The van der Waals surface area contributed by atoms with Gasteiger partial charge in [0.05, 0.1) is 23.4 Å². The molecule has 4 heterocycles. The number of nitrogens with one attached hydrogen (secondary N) is 1. The van der Waals surface area contributed by atoms with Gasteiger partial charge in [-0.3, -0.25) is 4.40 Å². The molecule has 0 amide bonds. The van der Waals surface area contributed by atoms with Gasteiger partial charge in [0.2, 0.25) is 5.95 Å². The van der Waals surface area contributed by atoms with E-state index in [9.17, 15) is 0 Å². The Bertz CT molecular complexity index is 1180. The molecule has 2 aliphatic rings. The molecule has 0 radical (unpaired) electrons. The molecule has 5 N–H and O–H groups in total. The minimum absolute atomic E-state index is 0.0594. The Balaban J connectivity index is 1.52. The van der Waals surface area contributed by atoms with Crippen LogP contribution in [0.5, 0.6) is 0 Å². The van der Waals surface area contributed by atoms with Crippen molar-refractivity contribution >= 4 is 35.1 Å². The van der Waals surface area contributed by atoms with E-state index in [0.717, 1.165) is 61.0 Å². The average molecular weight is 454 g/mol. The first-order chi connectivity index (χ1) is 15.3. The molecule has 0 aliphatic carbocycles. The number of nitrogens with two attached hydrogens (primary N) is 2. The van der Waals surface area contributed by atoms with E-state index in [1.165, 1.54) is 6.21 Å². The van der Waals surface area contributed by atoms with Crippen molar-refractivity contribution in [1.82, 2.24) is 14.4 Å². The van der Waals surface area contributed by atoms with Crippen LogP contribution in [0.2, 0.25) is 5.02 Å². The third kappa shape index (κ3) is 3.17. The number of nitrogens with zero attached hydrogens (tertiary/aromatic N) is 4. The number of fused-ring (bicyclic) bond motifs is 1. The Morgan fingerprint density at radius 1 is 1.31 bits per heavy atom. The van der Waals surface area contributed by atoms with Gasteiger partial charge in [-0.15, -0.1) is 0 Å². The predicted molar refractivity (Wildman–Crippen MR) is 128 cm³/mol. The minimum Gasteiger partial charge on any atom is -0.398 e. The lowest BCUT2D eigenvalue weighted by Crippen LogP contribution is -2.51. The van der Waals surface area contributed by atoms with Crippen molar-refractivity contribution in [1.29, 1.82) is 5.41 Å². The molecule has 168 valence electrons. The maximum Gasteiger partial charge on any atom is 0.211 e. The number of benzene rings is 1. The van der Waals surface area contributed by atoms with Gasteiger partial charge >= 0.3 is 0 Å². The molecule has 9 heteroatoms. The summed E-state index contributed by atoms with van der Waals surface area (Å²) in [6.07, 6.45) is 6.97. The fourth-order valence-electron chi connectivity index (χ4n) is 5.19. The Morgan fingerprint density at radius 3 is 2.69 bits per heavy atom. The van der Waals surface area contributed by atoms with Crippen LogP contribution in [0, 0.1) is 17.7 Å². The fourth-order valence-corrected chi connectivity index (χ4v) is 5.47. The molecule has 32 heavy (non-hydrogen) atoms. The number of nitrogen functional groups attached to an aromatic ring is 1. The molecular formula is C23H28ClN7O. The van der Waals surface area contributed by atoms with Crippen LogP contribution in [-0.2, 0) is 4.74 Å². The number of imidazole rings is 1. The highest BCUT2D eigenvalue weighted by molar-refractivity contribution is 6.34. The molecule has 2 saturated heterocycles. The molecule has 5 rings (SSSR count). The van der Waals surface area contributed by atoms with Gasteiger partial charge in [-0.2, -0.15) is 0 Å². The summed E-state index contributed by atoms with van der Waals surface area (Å²) >= 11 is 6.39. The number of rotatable bonds is 3. The zero-order valence-corrected chi connectivity index (χ0v) is 19.1. The van der Waals surface area contributed by atoms with Gasteiger partial charge in [0.25, 0.3) is 0 Å². The summed E-state index contributed by atoms with van der Waals surface area (Å²) < 4.78 is 7.90. The largest absolute Gasteiger partial charge is 0.398 e. The van der Waals surface area contributed by atoms with Crippen molar-refractivity contribution in [2.24, 2.45) is 11.1 Å². The van der Waals surface area contributed by atoms with Gasteiger partial charge in [-0.1, -0.05) is 11.6 Å². The molecule has 3 aromatic rings. The van der Waals surface area contributed by atoms with Crippen LogP contribution in [0.15, 0.2) is 24.5 Å². The Hall–Kier alpha value is -2.68. The van der Waals surface area contributed by atoms with E-state index in [2.05, 4.69) is 16.8 Å². The molecule has 2 aromatic heterocycles. The zero-order chi connectivity index (χ0) is 22.6. The summed E-state index contributed by atoms with van der Waals surface area (Å²) in [5.74, 6) is 0.879. The van der Waals surface area contributed by atoms with Crippen LogP contribution in [-0.4, -0.2) is 52.4 Å². The molecule has 2 atom stereocenters. The zero-order valence-electron chi connectivity index (χ0n) is 18.3. The van der Waals surface area contributed by atoms with Gasteiger partial charge in [0.1, 0.15) is 5.65 Å². The van der Waals surface area contributed by atoms with E-state index >= 15 is 0 Å². The van der Waals surface area contributed by atoms with Gasteiger partial charge in [-0.25, -0.2) is 9.97 Å². The molecule has 0 bridgehead atoms. The van der Waals surface area contributed by atoms with Crippen molar-refractivity contribution < 1.29 is 4.74 Å². The van der Waals surface area contributed by atoms with Gasteiger partial charge in [0, 0.05) is 60.0 Å². The Labute approximate surface area is 192 Å². The lowest BCUT2D eigenvalue weighted by Gasteiger charge is -2.41. The maximum atomic E-state index is 7.53. The number of halogens is 1. The average Bonchev–Trinajstić information content (AvgIpc) is 3.35. The van der Waals surface area contributed by atoms with Crippen LogP contribution in [0.25, 0.3) is 16.8 Å². The number of piperidine rings is 1. The predicted octanol–water partition coefficient (Wildman–Crippen LogP) is 3.27. The molecular weight excluding hydrogens is 426 g/mol. The first-order valence-corrected chi connectivity index (χ1v) is 11.3. The van der Waals surface area contributed by atoms with E-state index in [0.29, 0.717) is 16.3 Å². The Kier molecular flexibility index (Phi) is 5.11. The van der Waals surface area contributed by atoms with Crippen molar-refractivity contribution in [2.75, 3.05) is 30.3 Å². The van der Waals surface area contributed by atoms with Crippen molar-refractivity contribution in [3.63, 3.8) is 0 Å². The highest BCUT2D eigenvalue weighted by Gasteiger charge is 2.47. The van der Waals surface area contributed by atoms with Crippen molar-refractivity contribution in [3.05, 3.63) is 40.8 Å². The monoisotopic (exact) mass is 453 g/mol. The van der Waals surface area contributed by atoms with E-state index in [4.69, 9.17) is 38.2 Å². The Morgan fingerprint density at radius 2 is 2.06 bits per heavy atom. The molecule has 2 aliphatic heterocycles. The lowest BCUT2D eigenvalue weighted by molar-refractivity contribution is 0.0973. The molecule has 2 fully saturated rings. The van der Waals surface area contributed by atoms with Crippen LogP contribution >= 0.6 is 11.6 Å². The molecule has 0 saturated carbocycles. The quantitative estimate of drug-likeness (QED) is 0.413. The highest BCUT2D eigenvalue weighted by atomic mass is 35.5. The standard InChI is InChI=1S/C23H28ClN7O/c1-13-19(15-9-17(24)16(11-25)18(26)10-15)21-28-5-8-31(21)22(29-13)30-6-3-23(4-7-30)12-32-14(2)20(23)27/h5,8-11,14,20,25H,3-4,6-7,12,26-27H2,1-2H3. The van der Waals surface area contributed by atoms with Gasteiger partial charge < -0.3 is 26.5 Å². The molecule has 1 spiro atoms. The maximum absolute atomic E-state index is 7.53. The number of aryl methyl sites for hydroxylation is 1. The first kappa shape index (κ1) is 21.2. The number of hydrogen-bond acceptors (Lipinski definition) is 7. The van der Waals surface area contributed by atoms with E-state index in [1.54, 1.807) is 6.20 Å². The van der Waals surface area contributed by atoms with Crippen LogP contribution in [0.3, 0.4) is 0 Å². The number of ether oxygens (including phenoxy) is 1. The number of aromatic nitrogens is 3. The summed E-state index contributed by atoms with van der Waals surface area (Å²) in [5.41, 5.74) is 17.1. The normalized spacial score (nSPS) is 22.7. The van der Waals surface area contributed by atoms with Crippen molar-refractivity contribution in [2.45, 2.75) is 38.8 Å². The summed E-state index contributed by atoms with van der Waals surface area (Å²) in [4.78, 5) is 11.9. The molecule has 8 nitrogen and oxygen atoms in total. The topological polar surface area (TPSA) is 119 Å². The second-order valence-corrected chi connectivity index (χ2v) is 9.40. The van der Waals surface area contributed by atoms with E-state index in [-0.39, 0.29) is 17.6 Å². The summed E-state index contributed by atoms with van der Waals surface area (Å²) in [5, 5.41) is 7.97. The SMILES string of the molecule is Cc1nc(N2CCC3(CC2)COC(C)C3N)n2ccnc2c1-c1cc(N)c(C=N)c(Cl)c1. The summed E-state index contributed by atoms with van der Waals surface area (Å²) in [6, 6.07) is 3.73. The van der Waals surface area contributed by atoms with Crippen LogP contribution < -0.4 is 16.4 Å². The third-order valence-corrected chi connectivity index (χ3v) is 7.51.